The molecule has 0 aromatic heterocycles. The van der Waals surface area contributed by atoms with E-state index in [4.69, 9.17) is 4.74 Å². The van der Waals surface area contributed by atoms with Gasteiger partial charge in [-0.3, -0.25) is 14.4 Å². The predicted molar refractivity (Wildman–Crippen MR) is 110 cm³/mol. The molecule has 1 N–H and O–H groups in total. The van der Waals surface area contributed by atoms with E-state index in [2.05, 4.69) is 5.32 Å². The molecule has 4 fully saturated rings. The Kier molecular flexibility index (Phi) is 4.83. The number of hydrogen-bond acceptors (Lipinski definition) is 4. The van der Waals surface area contributed by atoms with Gasteiger partial charge in [-0.25, -0.2) is 0 Å². The Morgan fingerprint density at radius 1 is 1.00 bits per heavy atom. The van der Waals surface area contributed by atoms with Crippen LogP contribution in [-0.4, -0.2) is 29.8 Å². The fourth-order valence-corrected chi connectivity index (χ4v) is 6.64. The number of ether oxygens (including phenoxy) is 1. The second kappa shape index (κ2) is 6.96. The van der Waals surface area contributed by atoms with Crippen LogP contribution < -0.4 is 5.32 Å². The van der Waals surface area contributed by atoms with Crippen molar-refractivity contribution >= 4 is 17.7 Å². The first kappa shape index (κ1) is 20.1. The van der Waals surface area contributed by atoms with Gasteiger partial charge in [-0.1, -0.05) is 6.07 Å². The van der Waals surface area contributed by atoms with Crippen molar-refractivity contribution in [3.8, 4) is 0 Å². The highest BCUT2D eigenvalue weighted by molar-refractivity contribution is 5.99. The topological polar surface area (TPSA) is 72.5 Å². The number of nitrogens with one attached hydrogen (secondary N) is 1. The number of hydrogen-bond donors (Lipinski definition) is 1. The molecule has 5 heteroatoms. The molecule has 4 aliphatic carbocycles. The van der Waals surface area contributed by atoms with Crippen LogP contribution in [0.2, 0.25) is 0 Å². The summed E-state index contributed by atoms with van der Waals surface area (Å²) in [6.45, 7) is 7.25. The number of carbonyl (C=O) groups excluding carboxylic acids is 3. The van der Waals surface area contributed by atoms with Gasteiger partial charge in [-0.15, -0.1) is 0 Å². The van der Waals surface area contributed by atoms with Crippen molar-refractivity contribution in [3.05, 3.63) is 34.4 Å². The summed E-state index contributed by atoms with van der Waals surface area (Å²) >= 11 is 0. The highest BCUT2D eigenvalue weighted by Crippen LogP contribution is 2.62. The minimum atomic E-state index is -0.551. The van der Waals surface area contributed by atoms with E-state index < -0.39 is 5.41 Å². The van der Waals surface area contributed by atoms with Crippen molar-refractivity contribution in [1.82, 2.24) is 5.32 Å². The standard InChI is InChI=1S/C24H31NO4/c1-14-5-16(3)20(6-15(14)2)21(27)12-29-22(28)23-8-18-7-19(9-23)11-24(10-18,13-23)25-17(4)26/h5-6,18-19H,7-13H2,1-4H3,(H,25,26). The molecule has 156 valence electrons. The molecule has 2 atom stereocenters. The van der Waals surface area contributed by atoms with Crippen LogP contribution in [0.3, 0.4) is 0 Å². The van der Waals surface area contributed by atoms with E-state index in [1.807, 2.05) is 32.9 Å². The maximum atomic E-state index is 13.2. The number of Topliss-reactive ketones (excluding diaryl/α,β-unsaturated/α-hetero) is 1. The van der Waals surface area contributed by atoms with Gasteiger partial charge < -0.3 is 10.1 Å². The zero-order valence-corrected chi connectivity index (χ0v) is 17.9. The third-order valence-corrected chi connectivity index (χ3v) is 7.41. The largest absolute Gasteiger partial charge is 0.457 e. The molecule has 0 aliphatic heterocycles. The molecule has 0 spiro atoms. The zero-order valence-electron chi connectivity index (χ0n) is 17.9. The summed E-state index contributed by atoms with van der Waals surface area (Å²) in [4.78, 5) is 37.7. The number of amides is 1. The molecule has 2 unspecified atom stereocenters. The molecule has 0 saturated heterocycles. The lowest BCUT2D eigenvalue weighted by atomic mass is 9.47. The Balaban J connectivity index is 1.48. The van der Waals surface area contributed by atoms with Gasteiger partial charge in [-0.2, -0.15) is 0 Å². The van der Waals surface area contributed by atoms with Gasteiger partial charge in [0, 0.05) is 18.0 Å². The van der Waals surface area contributed by atoms with Crippen LogP contribution in [0.25, 0.3) is 0 Å². The van der Waals surface area contributed by atoms with E-state index in [9.17, 15) is 14.4 Å². The van der Waals surface area contributed by atoms with Crippen LogP contribution in [-0.2, 0) is 14.3 Å². The molecule has 5 nitrogen and oxygen atoms in total. The molecular weight excluding hydrogens is 366 g/mol. The van der Waals surface area contributed by atoms with Crippen molar-refractivity contribution in [2.75, 3.05) is 6.61 Å². The second-order valence-electron chi connectivity index (χ2n) is 9.95. The Labute approximate surface area is 172 Å². The Bertz CT molecular complexity index is 873. The van der Waals surface area contributed by atoms with Gasteiger partial charge in [0.25, 0.3) is 0 Å². The number of rotatable bonds is 5. The molecule has 0 heterocycles. The Morgan fingerprint density at radius 3 is 2.24 bits per heavy atom. The Hall–Kier alpha value is -2.17. The van der Waals surface area contributed by atoms with Crippen LogP contribution in [0.5, 0.6) is 0 Å². The number of aryl methyl sites for hydroxylation is 3. The third-order valence-electron chi connectivity index (χ3n) is 7.41. The summed E-state index contributed by atoms with van der Waals surface area (Å²) in [6.07, 6.45) is 5.33. The summed E-state index contributed by atoms with van der Waals surface area (Å²) in [5.41, 5.74) is 2.92. The maximum Gasteiger partial charge on any atom is 0.312 e. The van der Waals surface area contributed by atoms with Crippen LogP contribution in [0.15, 0.2) is 12.1 Å². The SMILES string of the molecule is CC(=O)NC12CC3CC(C1)CC(C(=O)OCC(=O)c1cc(C)c(C)cc1C)(C3)C2. The zero-order chi connectivity index (χ0) is 21.0. The first-order valence-electron chi connectivity index (χ1n) is 10.7. The first-order valence-corrected chi connectivity index (χ1v) is 10.7. The summed E-state index contributed by atoms with van der Waals surface area (Å²) in [5, 5.41) is 3.16. The van der Waals surface area contributed by atoms with E-state index in [1.165, 1.54) is 0 Å². The minimum Gasteiger partial charge on any atom is -0.457 e. The van der Waals surface area contributed by atoms with Crippen molar-refractivity contribution in [1.29, 1.82) is 0 Å². The van der Waals surface area contributed by atoms with Crippen LogP contribution in [0.1, 0.15) is 72.5 Å². The molecule has 1 aromatic carbocycles. The van der Waals surface area contributed by atoms with Gasteiger partial charge in [0.15, 0.2) is 6.61 Å². The second-order valence-corrected chi connectivity index (χ2v) is 9.95. The van der Waals surface area contributed by atoms with Gasteiger partial charge in [0.2, 0.25) is 11.7 Å². The van der Waals surface area contributed by atoms with Crippen LogP contribution in [0, 0.1) is 38.0 Å². The monoisotopic (exact) mass is 397 g/mol. The first-order chi connectivity index (χ1) is 13.6. The number of carbonyl (C=O) groups is 3. The molecule has 0 radical (unpaired) electrons. The number of ketones is 1. The van der Waals surface area contributed by atoms with Crippen molar-refractivity contribution in [3.63, 3.8) is 0 Å². The third kappa shape index (κ3) is 3.60. The van der Waals surface area contributed by atoms with Crippen molar-refractivity contribution in [2.24, 2.45) is 17.3 Å². The van der Waals surface area contributed by atoms with Crippen LogP contribution in [0.4, 0.5) is 0 Å². The fourth-order valence-electron chi connectivity index (χ4n) is 6.64. The number of esters is 1. The van der Waals surface area contributed by atoms with Gasteiger partial charge in [0.1, 0.15) is 0 Å². The van der Waals surface area contributed by atoms with Crippen molar-refractivity contribution < 1.29 is 19.1 Å². The lowest BCUT2D eigenvalue weighted by Gasteiger charge is -2.60. The Morgan fingerprint density at radius 2 is 1.62 bits per heavy atom. The summed E-state index contributed by atoms with van der Waals surface area (Å²) in [5.74, 6) is 0.467. The van der Waals surface area contributed by atoms with Gasteiger partial charge >= 0.3 is 5.97 Å². The maximum absolute atomic E-state index is 13.2. The van der Waals surface area contributed by atoms with E-state index >= 15 is 0 Å². The minimum absolute atomic E-state index is 0.0316. The highest BCUT2D eigenvalue weighted by Gasteiger charge is 2.61. The molecule has 5 rings (SSSR count). The molecule has 29 heavy (non-hydrogen) atoms. The quantitative estimate of drug-likeness (QED) is 0.606. The van der Waals surface area contributed by atoms with Crippen molar-refractivity contribution in [2.45, 2.75) is 71.8 Å². The summed E-state index contributed by atoms with van der Waals surface area (Å²) in [6, 6.07) is 3.89. The molecule has 4 aliphatic rings. The normalized spacial score (nSPS) is 32.1. The van der Waals surface area contributed by atoms with E-state index in [0.29, 0.717) is 23.8 Å². The number of benzene rings is 1. The lowest BCUT2D eigenvalue weighted by Crippen LogP contribution is -2.64. The van der Waals surface area contributed by atoms with E-state index in [-0.39, 0.29) is 29.8 Å². The molecule has 4 bridgehead atoms. The molecule has 4 saturated carbocycles. The molecular formula is C24H31NO4. The average Bonchev–Trinajstić information content (AvgIpc) is 2.60. The lowest BCUT2D eigenvalue weighted by molar-refractivity contribution is -0.174. The van der Waals surface area contributed by atoms with E-state index in [1.54, 1.807) is 6.92 Å². The van der Waals surface area contributed by atoms with Gasteiger partial charge in [-0.05, 0) is 93.9 Å². The van der Waals surface area contributed by atoms with Crippen LogP contribution >= 0.6 is 0 Å². The smallest absolute Gasteiger partial charge is 0.312 e. The average molecular weight is 398 g/mol. The van der Waals surface area contributed by atoms with Gasteiger partial charge in [0.05, 0.1) is 5.41 Å². The fraction of sp³-hybridized carbons (Fsp3) is 0.625. The predicted octanol–water partition coefficient (Wildman–Crippen LogP) is 3.81. The highest BCUT2D eigenvalue weighted by atomic mass is 16.5. The molecule has 1 amide bonds. The summed E-state index contributed by atoms with van der Waals surface area (Å²) < 4.78 is 5.62. The summed E-state index contributed by atoms with van der Waals surface area (Å²) in [7, 11) is 0. The van der Waals surface area contributed by atoms with E-state index in [0.717, 1.165) is 48.8 Å². The molecule has 1 aromatic rings.